The Balaban J connectivity index is 1.84. The lowest BCUT2D eigenvalue weighted by Gasteiger charge is -2.34. The molecular formula is C37H42FN3O6S. The topological polar surface area (TPSA) is 105 Å². The van der Waals surface area contributed by atoms with Gasteiger partial charge < -0.3 is 19.7 Å². The first-order valence-electron chi connectivity index (χ1n) is 15.7. The van der Waals surface area contributed by atoms with E-state index in [2.05, 4.69) is 5.32 Å². The van der Waals surface area contributed by atoms with Crippen LogP contribution in [0.1, 0.15) is 36.5 Å². The predicted octanol–water partition coefficient (Wildman–Crippen LogP) is 5.90. The second-order valence-electron chi connectivity index (χ2n) is 11.3. The fraction of sp³-hybridized carbons (Fsp3) is 0.297. The van der Waals surface area contributed by atoms with Crippen molar-refractivity contribution >= 4 is 27.5 Å². The Morgan fingerprint density at radius 2 is 1.54 bits per heavy atom. The zero-order chi connectivity index (χ0) is 34.7. The van der Waals surface area contributed by atoms with Gasteiger partial charge in [-0.05, 0) is 49.2 Å². The van der Waals surface area contributed by atoms with Crippen LogP contribution in [0.4, 0.5) is 10.1 Å². The van der Waals surface area contributed by atoms with Crippen LogP contribution in [0.15, 0.2) is 102 Å². The minimum absolute atomic E-state index is 0.0329. The largest absolute Gasteiger partial charge is 0.493 e. The van der Waals surface area contributed by atoms with Crippen LogP contribution >= 0.6 is 0 Å². The van der Waals surface area contributed by atoms with Gasteiger partial charge in [-0.1, -0.05) is 79.6 Å². The molecule has 0 unspecified atom stereocenters. The molecule has 1 atom stereocenters. The number of amides is 2. The van der Waals surface area contributed by atoms with E-state index in [1.54, 1.807) is 30.3 Å². The van der Waals surface area contributed by atoms with E-state index in [9.17, 15) is 18.0 Å². The first-order chi connectivity index (χ1) is 23.1. The van der Waals surface area contributed by atoms with Gasteiger partial charge in [-0.3, -0.25) is 13.9 Å². The second-order valence-corrected chi connectivity index (χ2v) is 13.2. The van der Waals surface area contributed by atoms with Gasteiger partial charge in [0, 0.05) is 31.1 Å². The van der Waals surface area contributed by atoms with E-state index in [0.717, 1.165) is 28.3 Å². The number of anilines is 1. The van der Waals surface area contributed by atoms with Crippen molar-refractivity contribution in [2.24, 2.45) is 0 Å². The standard InChI is InChI=1S/C37H42FN3O6S/c1-5-6-22-39-37(43)33(23-28-12-8-7-9-13-28)40(25-29-14-10-11-15-32(29)38)36(42)26-41(30-18-21-34(46-3)35(24-30)47-4)48(44,45)31-19-16-27(2)17-20-31/h7-21,24,33H,5-6,22-23,25-26H2,1-4H3,(H,39,43)/t33-/m0/s1. The molecule has 254 valence electrons. The molecule has 0 saturated heterocycles. The maximum absolute atomic E-state index is 15.1. The van der Waals surface area contributed by atoms with E-state index in [0.29, 0.717) is 12.3 Å². The van der Waals surface area contributed by atoms with Gasteiger partial charge in [-0.2, -0.15) is 0 Å². The predicted molar refractivity (Wildman–Crippen MR) is 184 cm³/mol. The Hall–Kier alpha value is -4.90. The van der Waals surface area contributed by atoms with Crippen molar-refractivity contribution in [3.63, 3.8) is 0 Å². The maximum atomic E-state index is 15.1. The lowest BCUT2D eigenvalue weighted by atomic mass is 10.0. The molecule has 4 aromatic carbocycles. The van der Waals surface area contributed by atoms with Crippen LogP contribution in [0, 0.1) is 12.7 Å². The van der Waals surface area contributed by atoms with E-state index in [-0.39, 0.29) is 34.9 Å². The molecule has 48 heavy (non-hydrogen) atoms. The van der Waals surface area contributed by atoms with Crippen LogP contribution in [0.5, 0.6) is 11.5 Å². The molecule has 0 fully saturated rings. The molecule has 4 rings (SSSR count). The summed E-state index contributed by atoms with van der Waals surface area (Å²) in [6.45, 7) is 3.27. The lowest BCUT2D eigenvalue weighted by molar-refractivity contribution is -0.140. The minimum atomic E-state index is -4.33. The highest BCUT2D eigenvalue weighted by Crippen LogP contribution is 2.34. The SMILES string of the molecule is CCCCNC(=O)[C@H](Cc1ccccc1)N(Cc1ccccc1F)C(=O)CN(c1ccc(OC)c(OC)c1)S(=O)(=O)c1ccc(C)cc1. The molecule has 2 amide bonds. The molecule has 0 aliphatic carbocycles. The molecule has 0 saturated carbocycles. The number of hydrogen-bond acceptors (Lipinski definition) is 6. The van der Waals surface area contributed by atoms with Gasteiger partial charge in [0.1, 0.15) is 18.4 Å². The number of rotatable bonds is 16. The number of unbranched alkanes of at least 4 members (excludes halogenated alkanes) is 1. The first-order valence-corrected chi connectivity index (χ1v) is 17.2. The van der Waals surface area contributed by atoms with Crippen molar-refractivity contribution in [1.29, 1.82) is 0 Å². The number of sulfonamides is 1. The van der Waals surface area contributed by atoms with Gasteiger partial charge >= 0.3 is 0 Å². The second kappa shape index (κ2) is 16.8. The van der Waals surface area contributed by atoms with Gasteiger partial charge in [0.25, 0.3) is 10.0 Å². The number of hydrogen-bond donors (Lipinski definition) is 1. The third-order valence-corrected chi connectivity index (χ3v) is 9.73. The summed E-state index contributed by atoms with van der Waals surface area (Å²) in [5.74, 6) is -1.05. The van der Waals surface area contributed by atoms with E-state index < -0.39 is 40.2 Å². The number of ether oxygens (including phenoxy) is 2. The smallest absolute Gasteiger partial charge is 0.264 e. The zero-order valence-corrected chi connectivity index (χ0v) is 28.5. The van der Waals surface area contributed by atoms with Gasteiger partial charge in [0.2, 0.25) is 11.8 Å². The third kappa shape index (κ3) is 8.92. The third-order valence-electron chi connectivity index (χ3n) is 7.94. The first kappa shape index (κ1) is 35.9. The van der Waals surface area contributed by atoms with Crippen LogP contribution in [0.25, 0.3) is 0 Å². The van der Waals surface area contributed by atoms with Crippen molar-refractivity contribution < 1.29 is 31.9 Å². The van der Waals surface area contributed by atoms with Gasteiger partial charge in [-0.15, -0.1) is 0 Å². The summed E-state index contributed by atoms with van der Waals surface area (Å²) < 4.78 is 55.5. The quantitative estimate of drug-likeness (QED) is 0.148. The fourth-order valence-corrected chi connectivity index (χ4v) is 6.62. The number of aryl methyl sites for hydroxylation is 1. The molecule has 0 aromatic heterocycles. The molecule has 0 radical (unpaired) electrons. The molecule has 4 aromatic rings. The number of nitrogens with one attached hydrogen (secondary N) is 1. The molecule has 9 nitrogen and oxygen atoms in total. The number of methoxy groups -OCH3 is 2. The molecule has 0 aliphatic rings. The summed E-state index contributed by atoms with van der Waals surface area (Å²) in [5.41, 5.74) is 1.96. The number of nitrogens with zero attached hydrogens (tertiary/aromatic N) is 2. The normalized spacial score (nSPS) is 11.8. The van der Waals surface area contributed by atoms with Gasteiger partial charge in [0.15, 0.2) is 11.5 Å². The van der Waals surface area contributed by atoms with Crippen LogP contribution in [-0.4, -0.2) is 58.5 Å². The average Bonchev–Trinajstić information content (AvgIpc) is 3.09. The van der Waals surface area contributed by atoms with E-state index in [1.165, 1.54) is 55.5 Å². The molecule has 0 aliphatic heterocycles. The summed E-state index contributed by atoms with van der Waals surface area (Å²) in [6.07, 6.45) is 1.70. The monoisotopic (exact) mass is 675 g/mol. The fourth-order valence-electron chi connectivity index (χ4n) is 5.22. The average molecular weight is 676 g/mol. The molecule has 0 heterocycles. The van der Waals surface area contributed by atoms with Gasteiger partial charge in [0.05, 0.1) is 24.8 Å². The molecule has 0 spiro atoms. The summed E-state index contributed by atoms with van der Waals surface area (Å²) in [6, 6.07) is 24.9. The number of carbonyl (C=O) groups excluding carboxylic acids is 2. The van der Waals surface area contributed by atoms with E-state index in [1.807, 2.05) is 44.2 Å². The van der Waals surface area contributed by atoms with Crippen LogP contribution in [-0.2, 0) is 32.6 Å². The lowest BCUT2D eigenvalue weighted by Crippen LogP contribution is -2.53. The molecular weight excluding hydrogens is 633 g/mol. The molecule has 11 heteroatoms. The van der Waals surface area contributed by atoms with Crippen molar-refractivity contribution in [3.05, 3.63) is 120 Å². The van der Waals surface area contributed by atoms with E-state index >= 15 is 4.39 Å². The number of benzene rings is 4. The Morgan fingerprint density at radius 1 is 0.875 bits per heavy atom. The summed E-state index contributed by atoms with van der Waals surface area (Å²) in [5, 5.41) is 2.92. The van der Waals surface area contributed by atoms with Crippen molar-refractivity contribution in [3.8, 4) is 11.5 Å². The Labute approximate surface area is 282 Å². The highest BCUT2D eigenvalue weighted by Gasteiger charge is 2.35. The number of halogens is 1. The minimum Gasteiger partial charge on any atom is -0.493 e. The van der Waals surface area contributed by atoms with Gasteiger partial charge in [-0.25, -0.2) is 12.8 Å². The van der Waals surface area contributed by atoms with Crippen molar-refractivity contribution in [2.45, 2.75) is 50.6 Å². The Morgan fingerprint density at radius 3 is 2.19 bits per heavy atom. The van der Waals surface area contributed by atoms with Crippen molar-refractivity contribution in [2.75, 3.05) is 31.6 Å². The summed E-state index contributed by atoms with van der Waals surface area (Å²) in [7, 11) is -1.45. The Bertz CT molecular complexity index is 1780. The van der Waals surface area contributed by atoms with E-state index in [4.69, 9.17) is 9.47 Å². The highest BCUT2D eigenvalue weighted by molar-refractivity contribution is 7.92. The summed E-state index contributed by atoms with van der Waals surface area (Å²) in [4.78, 5) is 29.7. The zero-order valence-electron chi connectivity index (χ0n) is 27.7. The maximum Gasteiger partial charge on any atom is 0.264 e. The van der Waals surface area contributed by atoms with Crippen molar-refractivity contribution in [1.82, 2.24) is 10.2 Å². The van der Waals surface area contributed by atoms with Crippen LogP contribution in [0.3, 0.4) is 0 Å². The molecule has 0 bridgehead atoms. The van der Waals surface area contributed by atoms with Crippen LogP contribution < -0.4 is 19.1 Å². The van der Waals surface area contributed by atoms with Crippen LogP contribution in [0.2, 0.25) is 0 Å². The Kier molecular flexibility index (Phi) is 12.6. The summed E-state index contributed by atoms with van der Waals surface area (Å²) >= 11 is 0. The molecule has 1 N–H and O–H groups in total. The number of carbonyl (C=O) groups is 2. The highest BCUT2D eigenvalue weighted by atomic mass is 32.2.